The van der Waals surface area contributed by atoms with Gasteiger partial charge in [0.1, 0.15) is 5.82 Å². The Morgan fingerprint density at radius 1 is 1.37 bits per heavy atom. The van der Waals surface area contributed by atoms with E-state index in [-0.39, 0.29) is 24.4 Å². The van der Waals surface area contributed by atoms with Gasteiger partial charge in [0.25, 0.3) is 0 Å². The second kappa shape index (κ2) is 4.81. The average Bonchev–Trinajstić information content (AvgIpc) is 2.79. The second-order valence-corrected chi connectivity index (χ2v) is 5.16. The lowest BCUT2D eigenvalue weighted by Gasteiger charge is -2.39. The number of piperazine rings is 1. The third kappa shape index (κ3) is 2.18. The number of halogens is 1. The van der Waals surface area contributed by atoms with E-state index in [0.717, 1.165) is 25.2 Å². The molecule has 2 fully saturated rings. The third-order valence-electron chi connectivity index (χ3n) is 4.05. The number of hydrogen-bond donors (Lipinski definition) is 1. The van der Waals surface area contributed by atoms with Gasteiger partial charge in [0.2, 0.25) is 5.91 Å². The number of nitrogens with zero attached hydrogens (tertiary/aromatic N) is 2. The Morgan fingerprint density at radius 3 is 3.00 bits per heavy atom. The minimum Gasteiger partial charge on any atom is -0.392 e. The summed E-state index contributed by atoms with van der Waals surface area (Å²) in [5, 5.41) is 9.35. The van der Waals surface area contributed by atoms with Crippen molar-refractivity contribution < 1.29 is 14.3 Å². The van der Waals surface area contributed by atoms with Gasteiger partial charge in [0.15, 0.2) is 0 Å². The van der Waals surface area contributed by atoms with E-state index in [0.29, 0.717) is 18.5 Å². The molecule has 0 spiro atoms. The van der Waals surface area contributed by atoms with Crippen LogP contribution in [0.1, 0.15) is 18.4 Å². The zero-order chi connectivity index (χ0) is 13.4. The van der Waals surface area contributed by atoms with E-state index in [2.05, 4.69) is 4.90 Å². The summed E-state index contributed by atoms with van der Waals surface area (Å²) in [6.45, 7) is 2.05. The van der Waals surface area contributed by atoms with Crippen LogP contribution in [0.2, 0.25) is 0 Å². The van der Waals surface area contributed by atoms with Crippen LogP contribution in [0.4, 0.5) is 10.1 Å². The van der Waals surface area contributed by atoms with Crippen molar-refractivity contribution in [2.45, 2.75) is 25.5 Å². The van der Waals surface area contributed by atoms with E-state index in [1.54, 1.807) is 6.07 Å². The lowest BCUT2D eigenvalue weighted by atomic mass is 10.1. The summed E-state index contributed by atoms with van der Waals surface area (Å²) in [7, 11) is 0. The highest BCUT2D eigenvalue weighted by molar-refractivity contribution is 5.79. The lowest BCUT2D eigenvalue weighted by Crippen LogP contribution is -2.51. The smallest absolute Gasteiger partial charge is 0.223 e. The van der Waals surface area contributed by atoms with E-state index >= 15 is 0 Å². The maximum absolute atomic E-state index is 13.2. The van der Waals surface area contributed by atoms with Crippen LogP contribution >= 0.6 is 0 Å². The second-order valence-electron chi connectivity index (χ2n) is 5.16. The van der Waals surface area contributed by atoms with Crippen molar-refractivity contribution in [2.75, 3.05) is 24.5 Å². The van der Waals surface area contributed by atoms with Gasteiger partial charge in [-0.3, -0.25) is 4.79 Å². The van der Waals surface area contributed by atoms with E-state index < -0.39 is 0 Å². The van der Waals surface area contributed by atoms with Gasteiger partial charge < -0.3 is 14.9 Å². The SMILES string of the molecule is O=C1CCC2CN(c3ccc(F)cc3CO)CCN12. The Balaban J connectivity index is 1.82. The maximum atomic E-state index is 13.2. The Hall–Kier alpha value is -1.62. The number of benzene rings is 1. The summed E-state index contributed by atoms with van der Waals surface area (Å²) in [5.74, 6) is -0.0892. The van der Waals surface area contributed by atoms with E-state index in [1.807, 2.05) is 4.90 Å². The molecule has 1 amide bonds. The van der Waals surface area contributed by atoms with E-state index in [1.165, 1.54) is 12.1 Å². The number of carbonyl (C=O) groups excluding carboxylic acids is 1. The summed E-state index contributed by atoms with van der Waals surface area (Å²) in [6, 6.07) is 4.77. The molecule has 1 N–H and O–H groups in total. The highest BCUT2D eigenvalue weighted by Crippen LogP contribution is 2.28. The molecular formula is C14H17FN2O2. The Bertz CT molecular complexity index is 506. The van der Waals surface area contributed by atoms with Crippen LogP contribution in [0.15, 0.2) is 18.2 Å². The van der Waals surface area contributed by atoms with Gasteiger partial charge in [-0.25, -0.2) is 4.39 Å². The van der Waals surface area contributed by atoms with Gasteiger partial charge in [0, 0.05) is 43.3 Å². The monoisotopic (exact) mass is 264 g/mol. The fourth-order valence-corrected chi connectivity index (χ4v) is 3.07. The number of amides is 1. The highest BCUT2D eigenvalue weighted by atomic mass is 19.1. The molecule has 1 atom stereocenters. The topological polar surface area (TPSA) is 43.8 Å². The minimum absolute atomic E-state index is 0.170. The molecule has 2 aliphatic heterocycles. The van der Waals surface area contributed by atoms with Crippen molar-refractivity contribution in [1.29, 1.82) is 0 Å². The van der Waals surface area contributed by atoms with Crippen molar-refractivity contribution in [3.8, 4) is 0 Å². The van der Waals surface area contributed by atoms with Crippen LogP contribution in [0.25, 0.3) is 0 Å². The molecule has 0 radical (unpaired) electrons. The molecule has 1 aromatic carbocycles. The molecule has 2 heterocycles. The molecule has 0 aromatic heterocycles. The number of rotatable bonds is 2. The molecule has 102 valence electrons. The summed E-state index contributed by atoms with van der Waals surface area (Å²) in [4.78, 5) is 15.7. The largest absolute Gasteiger partial charge is 0.392 e. The van der Waals surface area contributed by atoms with E-state index in [4.69, 9.17) is 0 Å². The number of hydrogen-bond acceptors (Lipinski definition) is 3. The fraction of sp³-hybridized carbons (Fsp3) is 0.500. The summed E-state index contributed by atoms with van der Waals surface area (Å²) in [5.41, 5.74) is 1.49. The van der Waals surface area contributed by atoms with Crippen LogP contribution in [0, 0.1) is 5.82 Å². The molecule has 4 nitrogen and oxygen atoms in total. The molecule has 1 aromatic rings. The number of fused-ring (bicyclic) bond motifs is 1. The van der Waals surface area contributed by atoms with Gasteiger partial charge in [-0.1, -0.05) is 0 Å². The fourth-order valence-electron chi connectivity index (χ4n) is 3.07. The minimum atomic E-state index is -0.331. The zero-order valence-corrected chi connectivity index (χ0v) is 10.7. The number of aliphatic hydroxyl groups is 1. The van der Waals surface area contributed by atoms with Gasteiger partial charge >= 0.3 is 0 Å². The molecule has 5 heteroatoms. The quantitative estimate of drug-likeness (QED) is 0.871. The van der Waals surface area contributed by atoms with Gasteiger partial charge in [0.05, 0.1) is 6.61 Å². The predicted octanol–water partition coefficient (Wildman–Crippen LogP) is 1.13. The molecule has 1 unspecified atom stereocenters. The zero-order valence-electron chi connectivity index (χ0n) is 10.7. The van der Waals surface area contributed by atoms with Crippen molar-refractivity contribution in [2.24, 2.45) is 0 Å². The van der Waals surface area contributed by atoms with Crippen molar-refractivity contribution >= 4 is 11.6 Å². The van der Waals surface area contributed by atoms with Gasteiger partial charge in [-0.2, -0.15) is 0 Å². The van der Waals surface area contributed by atoms with E-state index in [9.17, 15) is 14.3 Å². The Kier molecular flexibility index (Phi) is 3.14. The number of carbonyl (C=O) groups is 1. The summed E-state index contributed by atoms with van der Waals surface area (Å²) in [6.07, 6.45) is 1.53. The summed E-state index contributed by atoms with van der Waals surface area (Å²) >= 11 is 0. The average molecular weight is 264 g/mol. The normalized spacial score (nSPS) is 22.8. The first kappa shape index (κ1) is 12.4. The number of aliphatic hydroxyl groups excluding tert-OH is 1. The van der Waals surface area contributed by atoms with Gasteiger partial charge in [-0.05, 0) is 24.6 Å². The molecule has 0 aliphatic carbocycles. The Labute approximate surface area is 111 Å². The lowest BCUT2D eigenvalue weighted by molar-refractivity contribution is -0.129. The van der Waals surface area contributed by atoms with Crippen molar-refractivity contribution in [3.05, 3.63) is 29.6 Å². The molecule has 2 saturated heterocycles. The Morgan fingerprint density at radius 2 is 2.21 bits per heavy atom. The molecule has 0 saturated carbocycles. The number of anilines is 1. The van der Waals surface area contributed by atoms with Gasteiger partial charge in [-0.15, -0.1) is 0 Å². The van der Waals surface area contributed by atoms with Crippen molar-refractivity contribution in [1.82, 2.24) is 4.90 Å². The van der Waals surface area contributed by atoms with Crippen LogP contribution in [0.5, 0.6) is 0 Å². The first-order chi connectivity index (χ1) is 9.19. The van der Waals surface area contributed by atoms with Crippen molar-refractivity contribution in [3.63, 3.8) is 0 Å². The highest BCUT2D eigenvalue weighted by Gasteiger charge is 2.35. The molecule has 19 heavy (non-hydrogen) atoms. The third-order valence-corrected chi connectivity index (χ3v) is 4.05. The first-order valence-electron chi connectivity index (χ1n) is 6.63. The van der Waals surface area contributed by atoms with Crippen LogP contribution in [-0.2, 0) is 11.4 Å². The molecule has 3 rings (SSSR count). The molecule has 0 bridgehead atoms. The summed E-state index contributed by atoms with van der Waals surface area (Å²) < 4.78 is 13.2. The van der Waals surface area contributed by atoms with Crippen LogP contribution in [-0.4, -0.2) is 41.6 Å². The van der Waals surface area contributed by atoms with Crippen LogP contribution < -0.4 is 4.90 Å². The molecule has 2 aliphatic rings. The predicted molar refractivity (Wildman–Crippen MR) is 69.3 cm³/mol. The maximum Gasteiger partial charge on any atom is 0.223 e. The molecular weight excluding hydrogens is 247 g/mol. The standard InChI is InChI=1S/C14H17FN2O2/c15-11-1-3-13(10(7-11)9-18)16-5-6-17-12(8-16)2-4-14(17)19/h1,3,7,12,18H,2,4-6,8-9H2. The first-order valence-corrected chi connectivity index (χ1v) is 6.63. The van der Waals surface area contributed by atoms with Crippen LogP contribution in [0.3, 0.4) is 0 Å².